The number of benzene rings is 1. The van der Waals surface area contributed by atoms with Gasteiger partial charge in [-0.2, -0.15) is 0 Å². The molecule has 2 aromatic heterocycles. The van der Waals surface area contributed by atoms with Crippen molar-refractivity contribution >= 4 is 17.5 Å². The van der Waals surface area contributed by atoms with Gasteiger partial charge in [-0.15, -0.1) is 0 Å². The molecule has 1 aromatic carbocycles. The molecule has 1 aliphatic heterocycles. The number of methoxy groups -OCH3 is 1. The summed E-state index contributed by atoms with van der Waals surface area (Å²) in [5, 5.41) is 3.28. The van der Waals surface area contributed by atoms with Crippen LogP contribution in [0, 0.1) is 6.92 Å². The smallest absolute Gasteiger partial charge is 0.255 e. The SMILES string of the molecule is COc1cc(CN2CCCC2c2cncc(Nc3ncccc3C)n2)ccc1OCC(N)=O. The first-order valence-corrected chi connectivity index (χ1v) is 10.9. The monoisotopic (exact) mass is 448 g/mol. The molecule has 33 heavy (non-hydrogen) atoms. The van der Waals surface area contributed by atoms with Gasteiger partial charge in [0.2, 0.25) is 0 Å². The highest BCUT2D eigenvalue weighted by molar-refractivity contribution is 5.75. The third-order valence-electron chi connectivity index (χ3n) is 5.60. The maximum absolute atomic E-state index is 11.0. The van der Waals surface area contributed by atoms with Gasteiger partial charge in [0.25, 0.3) is 5.91 Å². The number of pyridine rings is 1. The summed E-state index contributed by atoms with van der Waals surface area (Å²) in [5.74, 6) is 1.99. The summed E-state index contributed by atoms with van der Waals surface area (Å²) in [6.07, 6.45) is 7.40. The van der Waals surface area contributed by atoms with E-state index >= 15 is 0 Å². The minimum absolute atomic E-state index is 0.167. The van der Waals surface area contributed by atoms with E-state index < -0.39 is 5.91 Å². The molecule has 3 heterocycles. The number of nitrogens with two attached hydrogens (primary N) is 1. The summed E-state index contributed by atoms with van der Waals surface area (Å²) in [4.78, 5) is 27.0. The Morgan fingerprint density at radius 1 is 1.27 bits per heavy atom. The second kappa shape index (κ2) is 10.3. The second-order valence-electron chi connectivity index (χ2n) is 7.99. The van der Waals surface area contributed by atoms with Crippen LogP contribution in [0.2, 0.25) is 0 Å². The number of amides is 1. The van der Waals surface area contributed by atoms with Crippen molar-refractivity contribution in [1.82, 2.24) is 19.9 Å². The Morgan fingerprint density at radius 3 is 2.94 bits per heavy atom. The number of nitrogens with one attached hydrogen (secondary N) is 1. The standard InChI is InChI=1S/C24H28N6O3/c1-16-5-3-9-27-24(16)29-23-13-26-12-18(28-23)19-6-4-10-30(19)14-17-7-8-20(21(11-17)32-2)33-15-22(25)31/h3,5,7-9,11-13,19H,4,6,10,14-15H2,1-2H3,(H2,25,31)(H,27,28,29). The molecule has 172 valence electrons. The molecule has 9 nitrogen and oxygen atoms in total. The molecule has 4 rings (SSSR count). The van der Waals surface area contributed by atoms with Crippen LogP contribution in [-0.4, -0.2) is 46.0 Å². The summed E-state index contributed by atoms with van der Waals surface area (Å²) < 4.78 is 10.9. The number of rotatable bonds is 9. The van der Waals surface area contributed by atoms with Crippen molar-refractivity contribution < 1.29 is 14.3 Å². The molecular formula is C24H28N6O3. The fourth-order valence-corrected chi connectivity index (χ4v) is 4.00. The summed E-state index contributed by atoms with van der Waals surface area (Å²) in [6.45, 7) is 3.51. The van der Waals surface area contributed by atoms with E-state index in [9.17, 15) is 4.79 Å². The predicted octanol–water partition coefficient (Wildman–Crippen LogP) is 3.13. The summed E-state index contributed by atoms with van der Waals surface area (Å²) in [7, 11) is 1.58. The lowest BCUT2D eigenvalue weighted by Gasteiger charge is -2.24. The topological polar surface area (TPSA) is 115 Å². The zero-order chi connectivity index (χ0) is 23.2. The molecule has 0 spiro atoms. The molecule has 1 unspecified atom stereocenters. The van der Waals surface area contributed by atoms with Crippen LogP contribution in [0.4, 0.5) is 11.6 Å². The number of nitrogens with zero attached hydrogens (tertiary/aromatic N) is 4. The molecule has 0 aliphatic carbocycles. The fourth-order valence-electron chi connectivity index (χ4n) is 4.00. The van der Waals surface area contributed by atoms with E-state index in [4.69, 9.17) is 20.2 Å². The Kier molecular flexibility index (Phi) is 6.99. The van der Waals surface area contributed by atoms with E-state index in [1.165, 1.54) is 0 Å². The van der Waals surface area contributed by atoms with Crippen LogP contribution in [0.5, 0.6) is 11.5 Å². The van der Waals surface area contributed by atoms with Crippen molar-refractivity contribution in [2.24, 2.45) is 5.73 Å². The van der Waals surface area contributed by atoms with Crippen LogP contribution in [-0.2, 0) is 11.3 Å². The average molecular weight is 449 g/mol. The van der Waals surface area contributed by atoms with E-state index in [1.807, 2.05) is 43.5 Å². The number of hydrogen-bond acceptors (Lipinski definition) is 8. The largest absolute Gasteiger partial charge is 0.493 e. The quantitative estimate of drug-likeness (QED) is 0.513. The first kappa shape index (κ1) is 22.5. The third kappa shape index (κ3) is 5.56. The van der Waals surface area contributed by atoms with Gasteiger partial charge in [-0.1, -0.05) is 12.1 Å². The first-order chi connectivity index (χ1) is 16.0. The molecule has 9 heteroatoms. The van der Waals surface area contributed by atoms with Gasteiger partial charge in [0, 0.05) is 12.7 Å². The Morgan fingerprint density at radius 2 is 2.15 bits per heavy atom. The molecular weight excluding hydrogens is 420 g/mol. The minimum Gasteiger partial charge on any atom is -0.493 e. The van der Waals surface area contributed by atoms with E-state index in [-0.39, 0.29) is 12.6 Å². The summed E-state index contributed by atoms with van der Waals surface area (Å²) in [5.41, 5.74) is 8.23. The predicted molar refractivity (Wildman–Crippen MR) is 124 cm³/mol. The lowest BCUT2D eigenvalue weighted by molar-refractivity contribution is -0.119. The third-order valence-corrected chi connectivity index (χ3v) is 5.60. The highest BCUT2D eigenvalue weighted by atomic mass is 16.5. The fraction of sp³-hybridized carbons (Fsp3) is 0.333. The van der Waals surface area contributed by atoms with Gasteiger partial charge in [-0.05, 0) is 55.6 Å². The Labute approximate surface area is 193 Å². The molecule has 1 saturated heterocycles. The number of likely N-dealkylation sites (tertiary alicyclic amines) is 1. The Balaban J connectivity index is 1.48. The highest BCUT2D eigenvalue weighted by Crippen LogP contribution is 2.34. The van der Waals surface area contributed by atoms with Crippen LogP contribution in [0.25, 0.3) is 0 Å². The van der Waals surface area contributed by atoms with E-state index in [2.05, 4.69) is 20.2 Å². The normalized spacial score (nSPS) is 15.9. The van der Waals surface area contributed by atoms with Gasteiger partial charge in [-0.3, -0.25) is 14.7 Å². The van der Waals surface area contributed by atoms with Crippen molar-refractivity contribution in [3.63, 3.8) is 0 Å². The van der Waals surface area contributed by atoms with Crippen LogP contribution in [0.1, 0.15) is 35.7 Å². The molecule has 0 bridgehead atoms. The van der Waals surface area contributed by atoms with Crippen molar-refractivity contribution in [3.05, 3.63) is 65.7 Å². The molecule has 1 fully saturated rings. The molecule has 1 amide bonds. The maximum atomic E-state index is 11.0. The number of anilines is 2. The molecule has 0 saturated carbocycles. The second-order valence-corrected chi connectivity index (χ2v) is 7.99. The zero-order valence-electron chi connectivity index (χ0n) is 18.8. The van der Waals surface area contributed by atoms with Crippen molar-refractivity contribution in [2.45, 2.75) is 32.4 Å². The lowest BCUT2D eigenvalue weighted by Crippen LogP contribution is -2.24. The van der Waals surface area contributed by atoms with Crippen LogP contribution in [0.3, 0.4) is 0 Å². The molecule has 3 N–H and O–H groups in total. The number of ether oxygens (including phenoxy) is 2. The lowest BCUT2D eigenvalue weighted by atomic mass is 10.1. The number of aryl methyl sites for hydroxylation is 1. The van der Waals surface area contributed by atoms with Gasteiger partial charge in [0.15, 0.2) is 18.1 Å². The first-order valence-electron chi connectivity index (χ1n) is 10.9. The number of carbonyl (C=O) groups excluding carboxylic acids is 1. The number of aromatic nitrogens is 3. The van der Waals surface area contributed by atoms with Gasteiger partial charge >= 0.3 is 0 Å². The Bertz CT molecular complexity index is 1120. The summed E-state index contributed by atoms with van der Waals surface area (Å²) >= 11 is 0. The van der Waals surface area contributed by atoms with E-state index in [0.29, 0.717) is 17.3 Å². The van der Waals surface area contributed by atoms with Gasteiger partial charge in [0.1, 0.15) is 11.6 Å². The molecule has 0 radical (unpaired) electrons. The molecule has 1 aliphatic rings. The average Bonchev–Trinajstić information content (AvgIpc) is 3.28. The number of hydrogen-bond donors (Lipinski definition) is 2. The van der Waals surface area contributed by atoms with Gasteiger partial charge in [-0.25, -0.2) is 9.97 Å². The molecule has 1 atom stereocenters. The Hall–Kier alpha value is -3.72. The number of carbonyl (C=O) groups is 1. The van der Waals surface area contributed by atoms with E-state index in [0.717, 1.165) is 48.6 Å². The number of primary amides is 1. The molecule has 3 aromatic rings. The van der Waals surface area contributed by atoms with E-state index in [1.54, 1.807) is 19.5 Å². The minimum atomic E-state index is -0.530. The summed E-state index contributed by atoms with van der Waals surface area (Å²) in [6, 6.07) is 9.79. The van der Waals surface area contributed by atoms with Gasteiger partial charge < -0.3 is 20.5 Å². The maximum Gasteiger partial charge on any atom is 0.255 e. The highest BCUT2D eigenvalue weighted by Gasteiger charge is 2.28. The van der Waals surface area contributed by atoms with Crippen LogP contribution >= 0.6 is 0 Å². The van der Waals surface area contributed by atoms with Crippen molar-refractivity contribution in [3.8, 4) is 11.5 Å². The van der Waals surface area contributed by atoms with Crippen molar-refractivity contribution in [1.29, 1.82) is 0 Å². The van der Waals surface area contributed by atoms with Gasteiger partial charge in [0.05, 0.1) is 31.2 Å². The van der Waals surface area contributed by atoms with Crippen molar-refractivity contribution in [2.75, 3.05) is 25.6 Å². The zero-order valence-corrected chi connectivity index (χ0v) is 18.8. The van der Waals surface area contributed by atoms with Crippen LogP contribution in [0.15, 0.2) is 48.9 Å². The van der Waals surface area contributed by atoms with Crippen LogP contribution < -0.4 is 20.5 Å².